The summed E-state index contributed by atoms with van der Waals surface area (Å²) >= 11 is 0. The van der Waals surface area contributed by atoms with Crippen molar-refractivity contribution in [3.05, 3.63) is 53.5 Å². The first-order valence-corrected chi connectivity index (χ1v) is 10.6. The lowest BCUT2D eigenvalue weighted by Crippen LogP contribution is -2.37. The first kappa shape index (κ1) is 21.2. The quantitative estimate of drug-likeness (QED) is 0.629. The van der Waals surface area contributed by atoms with Crippen LogP contribution >= 0.6 is 0 Å². The lowest BCUT2D eigenvalue weighted by Gasteiger charge is -2.36. The number of piperidine rings is 1. The fraction of sp³-hybridized carbons (Fsp3) is 0.435. The van der Waals surface area contributed by atoms with Gasteiger partial charge in [-0.3, -0.25) is 4.98 Å². The van der Waals surface area contributed by atoms with Crippen LogP contribution in [-0.4, -0.2) is 45.3 Å². The molecule has 1 N–H and O–H groups in total. The van der Waals surface area contributed by atoms with Gasteiger partial charge in [0.05, 0.1) is 17.8 Å². The van der Waals surface area contributed by atoms with E-state index in [4.69, 9.17) is 4.74 Å². The molecule has 1 aliphatic heterocycles. The summed E-state index contributed by atoms with van der Waals surface area (Å²) in [6.45, 7) is 5.04. The van der Waals surface area contributed by atoms with E-state index in [1.807, 2.05) is 24.7 Å². The molecule has 164 valence electrons. The van der Waals surface area contributed by atoms with Gasteiger partial charge in [0, 0.05) is 44.1 Å². The van der Waals surface area contributed by atoms with Crippen LogP contribution in [0.15, 0.2) is 30.7 Å². The van der Waals surface area contributed by atoms with Crippen LogP contribution in [-0.2, 0) is 11.8 Å². The van der Waals surface area contributed by atoms with E-state index in [-0.39, 0.29) is 18.3 Å². The highest BCUT2D eigenvalue weighted by atomic mass is 19.1. The predicted molar refractivity (Wildman–Crippen MR) is 115 cm³/mol. The molecule has 1 unspecified atom stereocenters. The number of rotatable bonds is 5. The van der Waals surface area contributed by atoms with Gasteiger partial charge in [0.15, 0.2) is 0 Å². The third-order valence-electron chi connectivity index (χ3n) is 6.02. The van der Waals surface area contributed by atoms with Gasteiger partial charge in [-0.05, 0) is 50.3 Å². The van der Waals surface area contributed by atoms with Crippen LogP contribution in [0.2, 0.25) is 0 Å². The van der Waals surface area contributed by atoms with E-state index in [2.05, 4.69) is 14.9 Å². The monoisotopic (exact) mass is 426 g/mol. The zero-order chi connectivity index (χ0) is 22.1. The Hall–Kier alpha value is -3.00. The number of ether oxygens (including phenoxy) is 1. The van der Waals surface area contributed by atoms with Crippen molar-refractivity contribution in [1.29, 1.82) is 0 Å². The number of esters is 1. The maximum absolute atomic E-state index is 14.3. The van der Waals surface area contributed by atoms with Crippen molar-refractivity contribution in [2.24, 2.45) is 13.0 Å². The largest absolute Gasteiger partial charge is 0.462 e. The van der Waals surface area contributed by atoms with Gasteiger partial charge in [-0.15, -0.1) is 0 Å². The first-order chi connectivity index (χ1) is 14.9. The van der Waals surface area contributed by atoms with Gasteiger partial charge in [0.2, 0.25) is 0 Å². The number of halogens is 1. The summed E-state index contributed by atoms with van der Waals surface area (Å²) in [7, 11) is 1.87. The molecule has 1 saturated heterocycles. The maximum Gasteiger partial charge on any atom is 0.341 e. The molecule has 0 bridgehead atoms. The molecule has 1 aromatic carbocycles. The standard InChI is InChI=1S/C23H27FN4O3/c1-4-31-23(30)18-13-26-19-14(2)11-16(24)12-17(19)20(18)28-8-5-15(6-9-28)21(29)22-25-7-10-27(22)3/h7,10-13,15,21,29H,4-6,8-9H2,1-3H3. The fourth-order valence-corrected chi connectivity index (χ4v) is 4.43. The lowest BCUT2D eigenvalue weighted by atomic mass is 9.90. The van der Waals surface area contributed by atoms with Gasteiger partial charge in [-0.2, -0.15) is 0 Å². The molecule has 31 heavy (non-hydrogen) atoms. The summed E-state index contributed by atoms with van der Waals surface area (Å²) in [6.07, 6.45) is 5.80. The van der Waals surface area contributed by atoms with Crippen molar-refractivity contribution in [2.45, 2.75) is 32.8 Å². The van der Waals surface area contributed by atoms with E-state index in [0.29, 0.717) is 59.5 Å². The number of aromatic nitrogens is 3. The van der Waals surface area contributed by atoms with E-state index in [1.165, 1.54) is 18.3 Å². The molecule has 2 aromatic heterocycles. The van der Waals surface area contributed by atoms with Crippen LogP contribution in [0.4, 0.5) is 10.1 Å². The summed E-state index contributed by atoms with van der Waals surface area (Å²) in [5.41, 5.74) is 2.37. The zero-order valence-corrected chi connectivity index (χ0v) is 18.0. The van der Waals surface area contributed by atoms with Gasteiger partial charge in [-0.1, -0.05) is 0 Å². The smallest absolute Gasteiger partial charge is 0.341 e. The minimum absolute atomic E-state index is 0.0509. The Morgan fingerprint density at radius 3 is 2.71 bits per heavy atom. The maximum atomic E-state index is 14.3. The zero-order valence-electron chi connectivity index (χ0n) is 18.0. The molecule has 3 heterocycles. The van der Waals surface area contributed by atoms with E-state index in [0.717, 1.165) is 0 Å². The topological polar surface area (TPSA) is 80.5 Å². The van der Waals surface area contributed by atoms with Gasteiger partial charge in [-0.25, -0.2) is 14.2 Å². The number of pyridine rings is 1. The summed E-state index contributed by atoms with van der Waals surface area (Å²) in [6, 6.07) is 2.88. The van der Waals surface area contributed by atoms with Crippen LogP contribution in [0.25, 0.3) is 10.9 Å². The van der Waals surface area contributed by atoms with E-state index >= 15 is 0 Å². The van der Waals surface area contributed by atoms with Crippen molar-refractivity contribution in [3.63, 3.8) is 0 Å². The van der Waals surface area contributed by atoms with Crippen LogP contribution in [0, 0.1) is 18.7 Å². The number of benzene rings is 1. The minimum atomic E-state index is -0.652. The number of aliphatic hydroxyl groups is 1. The minimum Gasteiger partial charge on any atom is -0.462 e. The van der Waals surface area contributed by atoms with Crippen molar-refractivity contribution in [1.82, 2.24) is 14.5 Å². The van der Waals surface area contributed by atoms with Crippen molar-refractivity contribution < 1.29 is 19.0 Å². The van der Waals surface area contributed by atoms with Gasteiger partial charge < -0.3 is 19.3 Å². The second-order valence-electron chi connectivity index (χ2n) is 8.03. The summed E-state index contributed by atoms with van der Waals surface area (Å²) in [5.74, 6) is -0.134. The molecule has 1 aliphatic rings. The molecular formula is C23H27FN4O3. The highest BCUT2D eigenvalue weighted by Gasteiger charge is 2.31. The fourth-order valence-electron chi connectivity index (χ4n) is 4.43. The second-order valence-corrected chi connectivity index (χ2v) is 8.03. The number of carbonyl (C=O) groups excluding carboxylic acids is 1. The highest BCUT2D eigenvalue weighted by Crippen LogP contribution is 2.37. The number of nitrogens with zero attached hydrogens (tertiary/aromatic N) is 4. The Labute approximate surface area is 180 Å². The summed E-state index contributed by atoms with van der Waals surface area (Å²) in [4.78, 5) is 23.4. The molecule has 0 amide bonds. The molecule has 4 rings (SSSR count). The third kappa shape index (κ3) is 3.99. The molecule has 8 heteroatoms. The molecule has 0 saturated carbocycles. The van der Waals surface area contributed by atoms with Crippen LogP contribution < -0.4 is 4.90 Å². The third-order valence-corrected chi connectivity index (χ3v) is 6.02. The SMILES string of the molecule is CCOC(=O)c1cnc2c(C)cc(F)cc2c1N1CCC(C(O)c2nccn2C)CC1. The second kappa shape index (κ2) is 8.63. The Balaban J connectivity index is 1.68. The average Bonchev–Trinajstić information content (AvgIpc) is 3.18. The number of hydrogen-bond donors (Lipinski definition) is 1. The van der Waals surface area contributed by atoms with E-state index in [1.54, 1.807) is 13.1 Å². The molecule has 1 fully saturated rings. The predicted octanol–water partition coefficient (Wildman–Crippen LogP) is 3.54. The molecule has 0 spiro atoms. The number of carbonyl (C=O) groups is 1. The lowest BCUT2D eigenvalue weighted by molar-refractivity contribution is 0.0526. The van der Waals surface area contributed by atoms with Gasteiger partial charge in [0.1, 0.15) is 23.3 Å². The number of anilines is 1. The van der Waals surface area contributed by atoms with Crippen molar-refractivity contribution in [3.8, 4) is 0 Å². The first-order valence-electron chi connectivity index (χ1n) is 10.6. The summed E-state index contributed by atoms with van der Waals surface area (Å²) in [5, 5.41) is 11.4. The number of imidazole rings is 1. The van der Waals surface area contributed by atoms with Crippen molar-refractivity contribution in [2.75, 3.05) is 24.6 Å². The molecule has 7 nitrogen and oxygen atoms in total. The Morgan fingerprint density at radius 2 is 2.06 bits per heavy atom. The van der Waals surface area contributed by atoms with Crippen LogP contribution in [0.1, 0.15) is 47.6 Å². The Kier molecular flexibility index (Phi) is 5.91. The molecule has 0 radical (unpaired) electrons. The highest BCUT2D eigenvalue weighted by molar-refractivity contribution is 6.06. The number of aliphatic hydroxyl groups excluding tert-OH is 1. The van der Waals surface area contributed by atoms with Gasteiger partial charge >= 0.3 is 5.97 Å². The van der Waals surface area contributed by atoms with Crippen LogP contribution in [0.3, 0.4) is 0 Å². The Bertz CT molecular complexity index is 1110. The van der Waals surface area contributed by atoms with Gasteiger partial charge in [0.25, 0.3) is 0 Å². The van der Waals surface area contributed by atoms with Crippen LogP contribution in [0.5, 0.6) is 0 Å². The normalized spacial score (nSPS) is 16.0. The molecular weight excluding hydrogens is 399 g/mol. The van der Waals surface area contributed by atoms with E-state index < -0.39 is 12.1 Å². The average molecular weight is 426 g/mol. The summed E-state index contributed by atoms with van der Waals surface area (Å²) < 4.78 is 21.4. The number of hydrogen-bond acceptors (Lipinski definition) is 6. The molecule has 0 aliphatic carbocycles. The molecule has 3 aromatic rings. The Morgan fingerprint density at radius 1 is 1.32 bits per heavy atom. The van der Waals surface area contributed by atoms with Crippen molar-refractivity contribution >= 4 is 22.6 Å². The number of aryl methyl sites for hydroxylation is 2. The number of fused-ring (bicyclic) bond motifs is 1. The molecule has 1 atom stereocenters. The van der Waals surface area contributed by atoms with E-state index in [9.17, 15) is 14.3 Å².